The molecule has 3 aromatic rings. The molecule has 0 aliphatic rings. The van der Waals surface area contributed by atoms with Crippen molar-refractivity contribution in [2.45, 2.75) is 6.04 Å². The van der Waals surface area contributed by atoms with Gasteiger partial charge < -0.3 is 15.0 Å². The van der Waals surface area contributed by atoms with E-state index in [1.165, 1.54) is 0 Å². The molecule has 0 radical (unpaired) electrons. The molecule has 0 saturated carbocycles. The van der Waals surface area contributed by atoms with E-state index in [2.05, 4.69) is 4.98 Å². The number of aromatic nitrogens is 2. The summed E-state index contributed by atoms with van der Waals surface area (Å²) in [5.41, 5.74) is 9.35. The van der Waals surface area contributed by atoms with E-state index in [4.69, 9.17) is 10.5 Å². The summed E-state index contributed by atoms with van der Waals surface area (Å²) in [6.45, 7) is 0. The van der Waals surface area contributed by atoms with Crippen molar-refractivity contribution in [3.63, 3.8) is 0 Å². The molecule has 1 heterocycles. The van der Waals surface area contributed by atoms with Gasteiger partial charge in [0.1, 0.15) is 5.75 Å². The lowest BCUT2D eigenvalue weighted by molar-refractivity contribution is 0.414. The highest BCUT2D eigenvalue weighted by atomic mass is 16.5. The summed E-state index contributed by atoms with van der Waals surface area (Å²) >= 11 is 0. The molecule has 106 valence electrons. The first kappa shape index (κ1) is 13.4. The van der Waals surface area contributed by atoms with E-state index in [0.29, 0.717) is 0 Å². The molecule has 0 aliphatic carbocycles. The Labute approximate surface area is 123 Å². The largest absolute Gasteiger partial charge is 0.497 e. The number of imidazole rings is 1. The summed E-state index contributed by atoms with van der Waals surface area (Å²) in [6.07, 6.45) is 3.57. The molecule has 2 N–H and O–H groups in total. The molecule has 1 atom stereocenters. The number of rotatable bonds is 4. The average molecular weight is 279 g/mol. The summed E-state index contributed by atoms with van der Waals surface area (Å²) < 4.78 is 7.26. The summed E-state index contributed by atoms with van der Waals surface area (Å²) in [4.78, 5) is 4.24. The van der Waals surface area contributed by atoms with Crippen LogP contribution in [-0.2, 0) is 0 Å². The molecule has 4 heteroatoms. The second kappa shape index (κ2) is 5.81. The zero-order valence-electron chi connectivity index (χ0n) is 11.8. The molecule has 0 saturated heterocycles. The second-order valence-electron chi connectivity index (χ2n) is 4.78. The second-order valence-corrected chi connectivity index (χ2v) is 4.78. The van der Waals surface area contributed by atoms with Gasteiger partial charge in [0, 0.05) is 6.07 Å². The maximum absolute atomic E-state index is 6.38. The summed E-state index contributed by atoms with van der Waals surface area (Å²) in [5, 5.41) is 0. The standard InChI is InChI=1S/C17H17N3O/c1-21-15-9-5-8-14(10-15)20-12-19-11-16(20)17(18)13-6-3-2-4-7-13/h2-12,17H,18H2,1H3. The zero-order valence-corrected chi connectivity index (χ0v) is 11.8. The number of nitrogens with zero attached hydrogens (tertiary/aromatic N) is 2. The molecule has 3 rings (SSSR count). The predicted molar refractivity (Wildman–Crippen MR) is 82.6 cm³/mol. The molecule has 21 heavy (non-hydrogen) atoms. The molecular weight excluding hydrogens is 262 g/mol. The van der Waals surface area contributed by atoms with Crippen LogP contribution >= 0.6 is 0 Å². The molecule has 1 unspecified atom stereocenters. The van der Waals surface area contributed by atoms with Crippen LogP contribution in [0.5, 0.6) is 5.75 Å². The van der Waals surface area contributed by atoms with Gasteiger partial charge in [-0.15, -0.1) is 0 Å². The van der Waals surface area contributed by atoms with Crippen molar-refractivity contribution in [2.24, 2.45) is 5.73 Å². The van der Waals surface area contributed by atoms with Crippen molar-refractivity contribution in [3.8, 4) is 11.4 Å². The first-order valence-electron chi connectivity index (χ1n) is 6.77. The third kappa shape index (κ3) is 2.66. The minimum absolute atomic E-state index is 0.222. The predicted octanol–water partition coefficient (Wildman–Crippen LogP) is 2.93. The zero-order chi connectivity index (χ0) is 14.7. The molecular formula is C17H17N3O. The Morgan fingerprint density at radius 1 is 1.10 bits per heavy atom. The minimum atomic E-state index is -0.222. The van der Waals surface area contributed by atoms with E-state index >= 15 is 0 Å². The minimum Gasteiger partial charge on any atom is -0.497 e. The first-order chi connectivity index (χ1) is 10.3. The van der Waals surface area contributed by atoms with Crippen molar-refractivity contribution in [2.75, 3.05) is 7.11 Å². The highest BCUT2D eigenvalue weighted by Crippen LogP contribution is 2.24. The Hall–Kier alpha value is -2.59. The number of ether oxygens (including phenoxy) is 1. The Bertz CT molecular complexity index is 722. The van der Waals surface area contributed by atoms with E-state index in [0.717, 1.165) is 22.7 Å². The van der Waals surface area contributed by atoms with Gasteiger partial charge in [0.15, 0.2) is 0 Å². The van der Waals surface area contributed by atoms with Crippen LogP contribution in [0.2, 0.25) is 0 Å². The van der Waals surface area contributed by atoms with Crippen LogP contribution in [0.1, 0.15) is 17.3 Å². The van der Waals surface area contributed by atoms with Gasteiger partial charge >= 0.3 is 0 Å². The fourth-order valence-electron chi connectivity index (χ4n) is 2.34. The third-order valence-electron chi connectivity index (χ3n) is 3.48. The smallest absolute Gasteiger partial charge is 0.120 e. The van der Waals surface area contributed by atoms with E-state index in [9.17, 15) is 0 Å². The normalized spacial score (nSPS) is 12.1. The Kier molecular flexibility index (Phi) is 3.71. The van der Waals surface area contributed by atoms with E-state index in [-0.39, 0.29) is 6.04 Å². The van der Waals surface area contributed by atoms with Crippen LogP contribution in [0, 0.1) is 0 Å². The van der Waals surface area contributed by atoms with Crippen LogP contribution in [0.25, 0.3) is 5.69 Å². The molecule has 0 fully saturated rings. The highest BCUT2D eigenvalue weighted by molar-refractivity contribution is 5.42. The monoisotopic (exact) mass is 279 g/mol. The van der Waals surface area contributed by atoms with Crippen LogP contribution in [0.4, 0.5) is 0 Å². The van der Waals surface area contributed by atoms with Crippen molar-refractivity contribution < 1.29 is 4.74 Å². The number of hydrogen-bond acceptors (Lipinski definition) is 3. The lowest BCUT2D eigenvalue weighted by Gasteiger charge is -2.15. The third-order valence-corrected chi connectivity index (χ3v) is 3.48. The molecule has 1 aromatic heterocycles. The van der Waals surface area contributed by atoms with Gasteiger partial charge in [-0.25, -0.2) is 4.98 Å². The quantitative estimate of drug-likeness (QED) is 0.799. The van der Waals surface area contributed by atoms with E-state index in [1.54, 1.807) is 19.6 Å². The average Bonchev–Trinajstić information content (AvgIpc) is 3.04. The SMILES string of the molecule is COc1cccc(-n2cncc2C(N)c2ccccc2)c1. The maximum atomic E-state index is 6.38. The number of nitrogens with two attached hydrogens (primary N) is 1. The van der Waals surface area contributed by atoms with E-state index in [1.807, 2.05) is 59.2 Å². The topological polar surface area (TPSA) is 53.1 Å². The van der Waals surface area contributed by atoms with Crippen LogP contribution in [-0.4, -0.2) is 16.7 Å². The van der Waals surface area contributed by atoms with Gasteiger partial charge in [0.2, 0.25) is 0 Å². The lowest BCUT2D eigenvalue weighted by Crippen LogP contribution is -2.15. The maximum Gasteiger partial charge on any atom is 0.120 e. The van der Waals surface area contributed by atoms with Crippen LogP contribution in [0.3, 0.4) is 0 Å². The molecule has 0 aliphatic heterocycles. The van der Waals surface area contributed by atoms with Gasteiger partial charge in [0.05, 0.1) is 37.1 Å². The van der Waals surface area contributed by atoms with Crippen molar-refractivity contribution in [1.82, 2.24) is 9.55 Å². The highest BCUT2D eigenvalue weighted by Gasteiger charge is 2.14. The van der Waals surface area contributed by atoms with Crippen molar-refractivity contribution in [1.29, 1.82) is 0 Å². The fourth-order valence-corrected chi connectivity index (χ4v) is 2.34. The van der Waals surface area contributed by atoms with Gasteiger partial charge in [0.25, 0.3) is 0 Å². The molecule has 4 nitrogen and oxygen atoms in total. The molecule has 0 amide bonds. The molecule has 2 aromatic carbocycles. The summed E-state index contributed by atoms with van der Waals surface area (Å²) in [6, 6.07) is 17.6. The van der Waals surface area contributed by atoms with Crippen LogP contribution in [0.15, 0.2) is 67.1 Å². The summed E-state index contributed by atoms with van der Waals surface area (Å²) in [5.74, 6) is 0.806. The van der Waals surface area contributed by atoms with E-state index < -0.39 is 0 Å². The number of methoxy groups -OCH3 is 1. The van der Waals surface area contributed by atoms with Gasteiger partial charge in [-0.2, -0.15) is 0 Å². The van der Waals surface area contributed by atoms with Gasteiger partial charge in [-0.1, -0.05) is 36.4 Å². The van der Waals surface area contributed by atoms with Crippen molar-refractivity contribution in [3.05, 3.63) is 78.4 Å². The molecule has 0 bridgehead atoms. The fraction of sp³-hybridized carbons (Fsp3) is 0.118. The number of hydrogen-bond donors (Lipinski definition) is 1. The van der Waals surface area contributed by atoms with Crippen LogP contribution < -0.4 is 10.5 Å². The summed E-state index contributed by atoms with van der Waals surface area (Å²) in [7, 11) is 1.66. The number of benzene rings is 2. The Morgan fingerprint density at radius 2 is 1.90 bits per heavy atom. The first-order valence-corrected chi connectivity index (χ1v) is 6.77. The Balaban J connectivity index is 2.01. The lowest BCUT2D eigenvalue weighted by atomic mass is 10.1. The van der Waals surface area contributed by atoms with Gasteiger partial charge in [-0.05, 0) is 17.7 Å². The van der Waals surface area contributed by atoms with Crippen molar-refractivity contribution >= 4 is 0 Å². The van der Waals surface area contributed by atoms with Gasteiger partial charge in [-0.3, -0.25) is 0 Å². The molecule has 0 spiro atoms. The Morgan fingerprint density at radius 3 is 2.67 bits per heavy atom.